The first-order valence-corrected chi connectivity index (χ1v) is 6.73. The fraction of sp³-hybridized carbons (Fsp3) is 0.0667. The van der Waals surface area contributed by atoms with E-state index in [0.717, 1.165) is 0 Å². The van der Waals surface area contributed by atoms with Gasteiger partial charge in [-0.25, -0.2) is 5.43 Å². The Bertz CT molecular complexity index is 830. The van der Waals surface area contributed by atoms with Crippen LogP contribution >= 0.6 is 0 Å². The third-order valence-electron chi connectivity index (χ3n) is 3.17. The van der Waals surface area contributed by atoms with Crippen LogP contribution in [-0.4, -0.2) is 21.5 Å². The van der Waals surface area contributed by atoms with E-state index in [9.17, 15) is 25.0 Å². The topological polar surface area (TPSA) is 128 Å². The zero-order chi connectivity index (χ0) is 17.7. The van der Waals surface area contributed by atoms with E-state index < -0.39 is 15.8 Å². The van der Waals surface area contributed by atoms with Gasteiger partial charge in [0.25, 0.3) is 17.3 Å². The van der Waals surface area contributed by atoms with Crippen LogP contribution in [0.2, 0.25) is 0 Å². The van der Waals surface area contributed by atoms with E-state index in [1.165, 1.54) is 48.5 Å². The summed E-state index contributed by atoms with van der Waals surface area (Å²) in [5.74, 6) is -0.719. The SMILES string of the molecule is CC(=NNC(=O)c1ccccc1[N+](=O)[O-])c1ccc([N+](=O)[O-])cc1. The van der Waals surface area contributed by atoms with Crippen LogP contribution in [0, 0.1) is 20.2 Å². The van der Waals surface area contributed by atoms with Crippen LogP contribution in [0.15, 0.2) is 53.6 Å². The normalized spacial score (nSPS) is 11.0. The number of nitrogens with one attached hydrogen (secondary N) is 1. The number of hydrogen-bond donors (Lipinski definition) is 1. The second kappa shape index (κ2) is 7.09. The van der Waals surface area contributed by atoms with Crippen molar-refractivity contribution in [1.82, 2.24) is 5.43 Å². The molecule has 24 heavy (non-hydrogen) atoms. The van der Waals surface area contributed by atoms with E-state index in [0.29, 0.717) is 11.3 Å². The number of nitrogens with zero attached hydrogens (tertiary/aromatic N) is 3. The largest absolute Gasteiger partial charge is 0.282 e. The molecule has 0 saturated carbocycles. The molecule has 0 unspecified atom stereocenters. The minimum atomic E-state index is -0.719. The van der Waals surface area contributed by atoms with Crippen molar-refractivity contribution < 1.29 is 14.6 Å². The zero-order valence-corrected chi connectivity index (χ0v) is 12.5. The summed E-state index contributed by atoms with van der Waals surface area (Å²) >= 11 is 0. The molecule has 0 spiro atoms. The quantitative estimate of drug-likeness (QED) is 0.512. The van der Waals surface area contributed by atoms with Gasteiger partial charge >= 0.3 is 0 Å². The van der Waals surface area contributed by atoms with Crippen molar-refractivity contribution in [2.75, 3.05) is 0 Å². The average Bonchev–Trinajstić information content (AvgIpc) is 2.59. The average molecular weight is 328 g/mol. The number of carbonyl (C=O) groups is 1. The molecule has 1 amide bonds. The van der Waals surface area contributed by atoms with Crippen LogP contribution < -0.4 is 5.43 Å². The number of hydrogen-bond acceptors (Lipinski definition) is 6. The molecule has 0 atom stereocenters. The molecule has 0 aliphatic rings. The lowest BCUT2D eigenvalue weighted by Gasteiger charge is -2.04. The lowest BCUT2D eigenvalue weighted by molar-refractivity contribution is -0.385. The van der Waals surface area contributed by atoms with Crippen LogP contribution in [-0.2, 0) is 0 Å². The summed E-state index contributed by atoms with van der Waals surface area (Å²) in [6.45, 7) is 1.60. The minimum absolute atomic E-state index is 0.0597. The summed E-state index contributed by atoms with van der Waals surface area (Å²) in [6.07, 6.45) is 0. The van der Waals surface area contributed by atoms with Crippen molar-refractivity contribution in [1.29, 1.82) is 0 Å². The number of carbonyl (C=O) groups excluding carboxylic acids is 1. The molecule has 2 aromatic carbocycles. The number of rotatable bonds is 5. The fourth-order valence-electron chi connectivity index (χ4n) is 1.91. The Hall–Kier alpha value is -3.62. The van der Waals surface area contributed by atoms with Crippen molar-refractivity contribution in [3.63, 3.8) is 0 Å². The first-order valence-electron chi connectivity index (χ1n) is 6.73. The van der Waals surface area contributed by atoms with Crippen LogP contribution in [0.1, 0.15) is 22.8 Å². The summed E-state index contributed by atoms with van der Waals surface area (Å²) in [5, 5.41) is 25.4. The maximum atomic E-state index is 12.0. The lowest BCUT2D eigenvalue weighted by Crippen LogP contribution is -2.20. The molecule has 0 heterocycles. The van der Waals surface area contributed by atoms with Crippen molar-refractivity contribution in [3.8, 4) is 0 Å². The summed E-state index contributed by atoms with van der Waals surface area (Å²) in [4.78, 5) is 32.4. The molecule has 1 N–H and O–H groups in total. The molecule has 0 saturated heterocycles. The third kappa shape index (κ3) is 3.77. The van der Waals surface area contributed by atoms with E-state index in [1.54, 1.807) is 6.92 Å². The molecule has 0 radical (unpaired) electrons. The van der Waals surface area contributed by atoms with Crippen LogP contribution in [0.5, 0.6) is 0 Å². The lowest BCUT2D eigenvalue weighted by atomic mass is 10.1. The van der Waals surface area contributed by atoms with Crippen molar-refractivity contribution >= 4 is 23.0 Å². The highest BCUT2D eigenvalue weighted by molar-refractivity contribution is 6.02. The number of hydrazone groups is 1. The molecule has 122 valence electrons. The van der Waals surface area contributed by atoms with E-state index >= 15 is 0 Å². The minimum Gasteiger partial charge on any atom is -0.267 e. The van der Waals surface area contributed by atoms with Gasteiger partial charge < -0.3 is 0 Å². The molecule has 2 aromatic rings. The Kier molecular flexibility index (Phi) is 4.95. The second-order valence-electron chi connectivity index (χ2n) is 4.72. The maximum Gasteiger partial charge on any atom is 0.282 e. The summed E-state index contributed by atoms with van der Waals surface area (Å²) < 4.78 is 0. The van der Waals surface area contributed by atoms with Gasteiger partial charge in [-0.3, -0.25) is 25.0 Å². The number of benzene rings is 2. The smallest absolute Gasteiger partial charge is 0.267 e. The summed E-state index contributed by atoms with van der Waals surface area (Å²) in [7, 11) is 0. The molecule has 0 aliphatic carbocycles. The molecular formula is C15H12N4O5. The highest BCUT2D eigenvalue weighted by Crippen LogP contribution is 2.17. The Balaban J connectivity index is 2.16. The first kappa shape index (κ1) is 16.7. The zero-order valence-electron chi connectivity index (χ0n) is 12.5. The van der Waals surface area contributed by atoms with E-state index in [4.69, 9.17) is 0 Å². The number of nitro groups is 2. The van der Waals surface area contributed by atoms with E-state index in [1.807, 2.05) is 0 Å². The Morgan fingerprint density at radius 3 is 2.21 bits per heavy atom. The Morgan fingerprint density at radius 2 is 1.62 bits per heavy atom. The number of nitro benzene ring substituents is 2. The van der Waals surface area contributed by atoms with Crippen molar-refractivity contribution in [3.05, 3.63) is 79.9 Å². The standard InChI is InChI=1S/C15H12N4O5/c1-10(11-6-8-12(9-7-11)18(21)22)16-17-15(20)13-4-2-3-5-14(13)19(23)24/h2-9H,1H3,(H,17,20). The number of amides is 1. The Labute approximate surface area is 135 Å². The van der Waals surface area contributed by atoms with Gasteiger partial charge in [-0.1, -0.05) is 12.1 Å². The van der Waals surface area contributed by atoms with E-state index in [2.05, 4.69) is 10.5 Å². The van der Waals surface area contributed by atoms with Crippen molar-refractivity contribution in [2.45, 2.75) is 6.92 Å². The second-order valence-corrected chi connectivity index (χ2v) is 4.72. The predicted octanol–water partition coefficient (Wildman–Crippen LogP) is 2.66. The molecule has 0 aromatic heterocycles. The molecule has 0 fully saturated rings. The monoisotopic (exact) mass is 328 g/mol. The molecular weight excluding hydrogens is 316 g/mol. The summed E-state index contributed by atoms with van der Waals surface area (Å²) in [6, 6.07) is 11.1. The number of non-ortho nitro benzene ring substituents is 1. The van der Waals surface area contributed by atoms with Gasteiger partial charge in [-0.05, 0) is 30.7 Å². The number of para-hydroxylation sites is 1. The molecule has 9 nitrogen and oxygen atoms in total. The highest BCUT2D eigenvalue weighted by Gasteiger charge is 2.18. The van der Waals surface area contributed by atoms with Gasteiger partial charge in [0.15, 0.2) is 0 Å². The Morgan fingerprint density at radius 1 is 1.00 bits per heavy atom. The van der Waals surface area contributed by atoms with Crippen LogP contribution in [0.4, 0.5) is 11.4 Å². The van der Waals surface area contributed by atoms with Gasteiger partial charge in [0, 0.05) is 18.2 Å². The summed E-state index contributed by atoms with van der Waals surface area (Å²) in [5.41, 5.74) is 2.72. The molecule has 0 bridgehead atoms. The molecule has 0 aliphatic heterocycles. The van der Waals surface area contributed by atoms with Gasteiger partial charge in [-0.15, -0.1) is 0 Å². The highest BCUT2D eigenvalue weighted by atomic mass is 16.6. The van der Waals surface area contributed by atoms with Gasteiger partial charge in [0.1, 0.15) is 5.56 Å². The van der Waals surface area contributed by atoms with Gasteiger partial charge in [0.05, 0.1) is 15.6 Å². The molecule has 9 heteroatoms. The maximum absolute atomic E-state index is 12.0. The van der Waals surface area contributed by atoms with Gasteiger partial charge in [0.2, 0.25) is 0 Å². The third-order valence-corrected chi connectivity index (χ3v) is 3.17. The van der Waals surface area contributed by atoms with Gasteiger partial charge in [-0.2, -0.15) is 5.10 Å². The van der Waals surface area contributed by atoms with Crippen LogP contribution in [0.3, 0.4) is 0 Å². The first-order chi connectivity index (χ1) is 11.4. The predicted molar refractivity (Wildman–Crippen MR) is 85.9 cm³/mol. The van der Waals surface area contributed by atoms with E-state index in [-0.39, 0.29) is 16.9 Å². The molecule has 2 rings (SSSR count). The fourth-order valence-corrected chi connectivity index (χ4v) is 1.91. The van der Waals surface area contributed by atoms with Crippen molar-refractivity contribution in [2.24, 2.45) is 5.10 Å². The van der Waals surface area contributed by atoms with Crippen LogP contribution in [0.25, 0.3) is 0 Å².